The van der Waals surface area contributed by atoms with E-state index in [0.29, 0.717) is 0 Å². The van der Waals surface area contributed by atoms with Gasteiger partial charge < -0.3 is 4.57 Å². The molecule has 9 rings (SSSR count). The van der Waals surface area contributed by atoms with Crippen LogP contribution in [0.5, 0.6) is 0 Å². The molecule has 0 fully saturated rings. The minimum atomic E-state index is 1.16. The van der Waals surface area contributed by atoms with Gasteiger partial charge in [-0.25, -0.2) is 0 Å². The number of aromatic nitrogens is 1. The number of fused-ring (bicyclic) bond motifs is 9. The van der Waals surface area contributed by atoms with Crippen molar-refractivity contribution in [2.75, 3.05) is 0 Å². The molecule has 1 heteroatoms. The van der Waals surface area contributed by atoms with Gasteiger partial charge in [0.25, 0.3) is 0 Å². The van der Waals surface area contributed by atoms with Gasteiger partial charge in [-0.05, 0) is 91.8 Å². The average Bonchev–Trinajstić information content (AvgIpc) is 3.47. The third kappa shape index (κ3) is 4.57. The van der Waals surface area contributed by atoms with Crippen LogP contribution >= 0.6 is 0 Å². The largest absolute Gasteiger partial charge is 0.309 e. The number of para-hydroxylation sites is 1. The number of hydrogen-bond donors (Lipinski definition) is 0. The summed E-state index contributed by atoms with van der Waals surface area (Å²) in [6, 6.07) is 59.8. The molecule has 0 unspecified atom stereocenters. The lowest BCUT2D eigenvalue weighted by Gasteiger charge is -2.14. The third-order valence-electron chi connectivity index (χ3n) is 8.95. The second-order valence-corrected chi connectivity index (χ2v) is 11.8. The van der Waals surface area contributed by atoms with Crippen molar-refractivity contribution < 1.29 is 0 Å². The molecule has 0 amide bonds. The normalized spacial score (nSPS) is 11.2. The summed E-state index contributed by atoms with van der Waals surface area (Å²) in [5.74, 6) is 0. The van der Waals surface area contributed by atoms with Gasteiger partial charge in [0.1, 0.15) is 0 Å². The van der Waals surface area contributed by atoms with Gasteiger partial charge >= 0.3 is 0 Å². The molecule has 218 valence electrons. The molecule has 0 N–H and O–H groups in total. The van der Waals surface area contributed by atoms with E-state index in [-0.39, 0.29) is 0 Å². The summed E-state index contributed by atoms with van der Waals surface area (Å²) in [7, 11) is 0. The molecule has 9 aromatic rings. The van der Waals surface area contributed by atoms with Crippen molar-refractivity contribution in [2.24, 2.45) is 0 Å². The molecule has 0 aliphatic rings. The number of benzene rings is 8. The lowest BCUT2D eigenvalue weighted by atomic mass is 9.95. The number of allylic oxidation sites excluding steroid dienone is 1. The average molecular weight is 588 g/mol. The zero-order chi connectivity index (χ0) is 31.0. The summed E-state index contributed by atoms with van der Waals surface area (Å²) >= 11 is 0. The maximum atomic E-state index is 3.36. The van der Waals surface area contributed by atoms with Gasteiger partial charge in [-0.15, -0.1) is 6.58 Å². The van der Waals surface area contributed by atoms with Crippen molar-refractivity contribution in [3.63, 3.8) is 0 Å². The predicted molar refractivity (Wildman–Crippen MR) is 200 cm³/mol. The van der Waals surface area contributed by atoms with E-state index < -0.39 is 0 Å². The summed E-state index contributed by atoms with van der Waals surface area (Å²) in [6.07, 6.45) is 1.75. The first kappa shape index (κ1) is 27.6. The van der Waals surface area contributed by atoms with Crippen LogP contribution in [0.15, 0.2) is 176 Å². The van der Waals surface area contributed by atoms with Crippen molar-refractivity contribution in [1.82, 2.24) is 4.57 Å². The lowest BCUT2D eigenvalue weighted by Crippen LogP contribution is -1.96. The highest BCUT2D eigenvalue weighted by Crippen LogP contribution is 2.41. The van der Waals surface area contributed by atoms with Crippen LogP contribution in [0, 0.1) is 0 Å². The Bertz CT molecular complexity index is 2480. The number of hydrogen-bond acceptors (Lipinski definition) is 0. The van der Waals surface area contributed by atoms with Gasteiger partial charge in [0, 0.05) is 16.5 Å². The Morgan fingerprint density at radius 2 is 0.913 bits per heavy atom. The summed E-state index contributed by atoms with van der Waals surface area (Å²) in [5.41, 5.74) is 8.45. The first-order chi connectivity index (χ1) is 22.7. The van der Waals surface area contributed by atoms with E-state index in [1.165, 1.54) is 76.4 Å². The van der Waals surface area contributed by atoms with E-state index in [9.17, 15) is 0 Å². The molecular formula is C45H33N. The second-order valence-electron chi connectivity index (χ2n) is 11.8. The molecule has 1 heterocycles. The van der Waals surface area contributed by atoms with Gasteiger partial charge in [-0.2, -0.15) is 0 Å². The van der Waals surface area contributed by atoms with Crippen molar-refractivity contribution in [2.45, 2.75) is 6.92 Å². The molecule has 1 nitrogen and oxygen atoms in total. The second kappa shape index (κ2) is 11.5. The first-order valence-electron chi connectivity index (χ1n) is 15.8. The molecule has 46 heavy (non-hydrogen) atoms. The molecule has 0 aliphatic carbocycles. The molecule has 8 aromatic carbocycles. The maximum Gasteiger partial charge on any atom is 0.0547 e. The van der Waals surface area contributed by atoms with E-state index in [1.54, 1.807) is 6.08 Å². The van der Waals surface area contributed by atoms with Crippen LogP contribution in [0.4, 0.5) is 0 Å². The zero-order valence-electron chi connectivity index (χ0n) is 25.8. The Balaban J connectivity index is 0.00000100. The van der Waals surface area contributed by atoms with Crippen molar-refractivity contribution in [3.8, 4) is 27.9 Å². The molecule has 0 spiro atoms. The van der Waals surface area contributed by atoms with E-state index >= 15 is 0 Å². The van der Waals surface area contributed by atoms with E-state index in [0.717, 1.165) is 5.69 Å². The Hall–Kier alpha value is -5.92. The van der Waals surface area contributed by atoms with Gasteiger partial charge in [0.2, 0.25) is 0 Å². The standard InChI is InChI=1S/C42H27N.C3H6/c1-3-11-28(12-4-1)31-25-32(29-13-5-2-6-14-29)27-33(26-31)43-40-18-10-9-17-39(40)42-38-22-21-35-34-16-8-7-15-30(34)19-20-36(35)37(38)23-24-41(42)43;1-3-2/h1-27H;3H,1H2,2H3. The molecule has 0 saturated carbocycles. The Kier molecular flexibility index (Phi) is 6.93. The molecule has 1 aromatic heterocycles. The number of rotatable bonds is 3. The Labute approximate surface area is 269 Å². The van der Waals surface area contributed by atoms with E-state index in [2.05, 4.69) is 175 Å². The van der Waals surface area contributed by atoms with Crippen LogP contribution in [0.2, 0.25) is 0 Å². The smallest absolute Gasteiger partial charge is 0.0547 e. The topological polar surface area (TPSA) is 4.93 Å². The van der Waals surface area contributed by atoms with Crippen molar-refractivity contribution >= 4 is 54.1 Å². The quantitative estimate of drug-likeness (QED) is 0.143. The highest BCUT2D eigenvalue weighted by atomic mass is 15.0. The van der Waals surface area contributed by atoms with Crippen LogP contribution < -0.4 is 0 Å². The SMILES string of the molecule is C=CC.c1ccc(-c2cc(-c3ccccc3)cc(-n3c4ccccc4c4c5ccc6c7ccccc7ccc6c5ccc43)c2)cc1. The summed E-state index contributed by atoms with van der Waals surface area (Å²) in [5, 5.41) is 10.3. The van der Waals surface area contributed by atoms with Crippen molar-refractivity contribution in [1.29, 1.82) is 0 Å². The fraction of sp³-hybridized carbons (Fsp3) is 0.0222. The van der Waals surface area contributed by atoms with Crippen LogP contribution in [-0.2, 0) is 0 Å². The Morgan fingerprint density at radius 3 is 1.61 bits per heavy atom. The zero-order valence-corrected chi connectivity index (χ0v) is 25.8. The van der Waals surface area contributed by atoms with Gasteiger partial charge in [0.05, 0.1) is 11.0 Å². The molecular weight excluding hydrogens is 555 g/mol. The van der Waals surface area contributed by atoms with E-state index in [1.807, 2.05) is 6.92 Å². The fourth-order valence-corrected chi connectivity index (χ4v) is 6.98. The predicted octanol–water partition coefficient (Wildman–Crippen LogP) is 12.8. The molecule has 0 atom stereocenters. The monoisotopic (exact) mass is 587 g/mol. The molecule has 0 aliphatic heterocycles. The molecule has 0 bridgehead atoms. The first-order valence-corrected chi connectivity index (χ1v) is 15.8. The highest BCUT2D eigenvalue weighted by Gasteiger charge is 2.17. The third-order valence-corrected chi connectivity index (χ3v) is 8.95. The molecule has 0 saturated heterocycles. The van der Waals surface area contributed by atoms with Crippen LogP contribution in [-0.4, -0.2) is 4.57 Å². The fourth-order valence-electron chi connectivity index (χ4n) is 6.98. The van der Waals surface area contributed by atoms with Gasteiger partial charge in [-0.1, -0.05) is 140 Å². The molecule has 0 radical (unpaired) electrons. The number of nitrogens with zero attached hydrogens (tertiary/aromatic N) is 1. The summed E-state index contributed by atoms with van der Waals surface area (Å²) in [4.78, 5) is 0. The Morgan fingerprint density at radius 1 is 0.413 bits per heavy atom. The van der Waals surface area contributed by atoms with E-state index in [4.69, 9.17) is 0 Å². The summed E-state index contributed by atoms with van der Waals surface area (Å²) in [6.45, 7) is 5.25. The van der Waals surface area contributed by atoms with Crippen LogP contribution in [0.3, 0.4) is 0 Å². The minimum absolute atomic E-state index is 1.16. The highest BCUT2D eigenvalue weighted by molar-refractivity contribution is 6.27. The van der Waals surface area contributed by atoms with Gasteiger partial charge in [0.15, 0.2) is 0 Å². The van der Waals surface area contributed by atoms with Crippen molar-refractivity contribution in [3.05, 3.63) is 176 Å². The van der Waals surface area contributed by atoms with Gasteiger partial charge in [-0.3, -0.25) is 0 Å². The minimum Gasteiger partial charge on any atom is -0.309 e. The maximum absolute atomic E-state index is 3.36. The van der Waals surface area contributed by atoms with Crippen LogP contribution in [0.1, 0.15) is 6.92 Å². The van der Waals surface area contributed by atoms with Crippen LogP contribution in [0.25, 0.3) is 82.1 Å². The lowest BCUT2D eigenvalue weighted by molar-refractivity contribution is 1.18. The summed E-state index contributed by atoms with van der Waals surface area (Å²) < 4.78 is 2.45.